The summed E-state index contributed by atoms with van der Waals surface area (Å²) in [5.74, 6) is 0. The topological polar surface area (TPSA) is 34.1 Å². The van der Waals surface area contributed by atoms with Crippen LogP contribution in [0.2, 0.25) is 0 Å². The van der Waals surface area contributed by atoms with Crippen molar-refractivity contribution in [2.45, 2.75) is 41.5 Å². The molecular formula is C18H22O2Se. The Kier molecular flexibility index (Phi) is 4.10. The van der Waals surface area contributed by atoms with Crippen molar-refractivity contribution in [1.29, 1.82) is 0 Å². The number of hydrogen-bond donors (Lipinski definition) is 0. The van der Waals surface area contributed by atoms with E-state index in [-0.39, 0.29) is 0 Å². The van der Waals surface area contributed by atoms with Crippen molar-refractivity contribution in [3.05, 3.63) is 57.6 Å². The molecule has 0 saturated carbocycles. The van der Waals surface area contributed by atoms with E-state index in [4.69, 9.17) is 0 Å². The van der Waals surface area contributed by atoms with Gasteiger partial charge in [-0.1, -0.05) is 0 Å². The SMILES string of the molecule is Cc1cc(C)c([Se](=O)(=O)c2c(C)cc(C)cc2C)c(C)c1. The Hall–Kier alpha value is -1.44. The number of rotatable bonds is 2. The molecule has 0 radical (unpaired) electrons. The average molecular weight is 349 g/mol. The quantitative estimate of drug-likeness (QED) is 0.782. The summed E-state index contributed by atoms with van der Waals surface area (Å²) in [6, 6.07) is 7.79. The van der Waals surface area contributed by atoms with Gasteiger partial charge in [0.1, 0.15) is 0 Å². The van der Waals surface area contributed by atoms with Crippen LogP contribution >= 0.6 is 0 Å². The van der Waals surface area contributed by atoms with Crippen molar-refractivity contribution < 1.29 is 7.67 Å². The van der Waals surface area contributed by atoms with Gasteiger partial charge in [-0.25, -0.2) is 0 Å². The Bertz CT molecular complexity index is 706. The van der Waals surface area contributed by atoms with Gasteiger partial charge in [-0.05, 0) is 0 Å². The van der Waals surface area contributed by atoms with Crippen LogP contribution in [0, 0.1) is 41.5 Å². The molecule has 0 atom stereocenters. The predicted octanol–water partition coefficient (Wildman–Crippen LogP) is 2.95. The first-order valence-electron chi connectivity index (χ1n) is 7.05. The number of benzene rings is 2. The fraction of sp³-hybridized carbons (Fsp3) is 0.333. The van der Waals surface area contributed by atoms with E-state index >= 15 is 0 Å². The third-order valence-corrected chi connectivity index (χ3v) is 8.70. The van der Waals surface area contributed by atoms with Crippen molar-refractivity contribution in [1.82, 2.24) is 0 Å². The van der Waals surface area contributed by atoms with E-state index in [0.29, 0.717) is 8.92 Å². The van der Waals surface area contributed by atoms with Gasteiger partial charge in [-0.3, -0.25) is 0 Å². The third-order valence-electron chi connectivity index (χ3n) is 3.75. The zero-order chi connectivity index (χ0) is 15.9. The zero-order valence-corrected chi connectivity index (χ0v) is 15.2. The summed E-state index contributed by atoms with van der Waals surface area (Å²) in [5, 5.41) is 0. The van der Waals surface area contributed by atoms with Gasteiger partial charge < -0.3 is 0 Å². The first kappa shape index (κ1) is 15.9. The van der Waals surface area contributed by atoms with Crippen molar-refractivity contribution in [2.24, 2.45) is 0 Å². The molecule has 112 valence electrons. The second-order valence-electron chi connectivity index (χ2n) is 5.96. The number of aryl methyl sites for hydroxylation is 6. The van der Waals surface area contributed by atoms with E-state index in [1.54, 1.807) is 0 Å². The fourth-order valence-corrected chi connectivity index (χ4v) is 7.76. The van der Waals surface area contributed by atoms with E-state index in [9.17, 15) is 7.67 Å². The molecule has 2 nitrogen and oxygen atoms in total. The summed E-state index contributed by atoms with van der Waals surface area (Å²) in [6.07, 6.45) is 0. The monoisotopic (exact) mass is 350 g/mol. The average Bonchev–Trinajstić information content (AvgIpc) is 2.23. The minimum atomic E-state index is -4.39. The zero-order valence-electron chi connectivity index (χ0n) is 13.5. The van der Waals surface area contributed by atoms with Crippen LogP contribution in [-0.4, -0.2) is 12.7 Å². The van der Waals surface area contributed by atoms with Gasteiger partial charge in [0.15, 0.2) is 0 Å². The molecule has 2 aromatic rings. The van der Waals surface area contributed by atoms with Crippen LogP contribution in [0.4, 0.5) is 0 Å². The normalized spacial score (nSPS) is 11.7. The Morgan fingerprint density at radius 1 is 0.571 bits per heavy atom. The van der Waals surface area contributed by atoms with Gasteiger partial charge in [0.25, 0.3) is 0 Å². The summed E-state index contributed by atoms with van der Waals surface area (Å²) in [6.45, 7) is 11.5. The first-order valence-corrected chi connectivity index (χ1v) is 10.2. The van der Waals surface area contributed by atoms with Crippen molar-refractivity contribution >= 4 is 21.6 Å². The fourth-order valence-electron chi connectivity index (χ4n) is 3.28. The predicted molar refractivity (Wildman–Crippen MR) is 87.7 cm³/mol. The molecular weight excluding hydrogens is 327 g/mol. The maximum absolute atomic E-state index is 13.2. The minimum absolute atomic E-state index is 0.520. The molecule has 3 heteroatoms. The van der Waals surface area contributed by atoms with Gasteiger partial charge in [-0.15, -0.1) is 0 Å². The molecule has 0 aromatic heterocycles. The molecule has 21 heavy (non-hydrogen) atoms. The van der Waals surface area contributed by atoms with E-state index in [1.165, 1.54) is 0 Å². The van der Waals surface area contributed by atoms with Crippen LogP contribution in [0.1, 0.15) is 33.4 Å². The molecule has 0 aliphatic heterocycles. The standard InChI is InChI=1S/C18H22O2Se/c1-11-7-13(3)17(14(4)8-11)21(19,20)18-15(5)9-12(2)10-16(18)6/h7-10H,1-6H3. The number of hydrogen-bond acceptors (Lipinski definition) is 2. The molecule has 0 aliphatic rings. The Balaban J connectivity index is 2.81. The second kappa shape index (κ2) is 5.40. The van der Waals surface area contributed by atoms with Gasteiger partial charge in [0, 0.05) is 0 Å². The molecule has 0 bridgehead atoms. The molecule has 0 saturated heterocycles. The molecule has 0 N–H and O–H groups in total. The summed E-state index contributed by atoms with van der Waals surface area (Å²) < 4.78 is 27.5. The van der Waals surface area contributed by atoms with Crippen molar-refractivity contribution in [3.63, 3.8) is 0 Å². The third kappa shape index (κ3) is 2.81. The van der Waals surface area contributed by atoms with E-state index in [2.05, 4.69) is 0 Å². The van der Waals surface area contributed by atoms with Crippen molar-refractivity contribution in [3.8, 4) is 0 Å². The molecule has 0 amide bonds. The summed E-state index contributed by atoms with van der Waals surface area (Å²) >= 11 is -4.39. The van der Waals surface area contributed by atoms with Gasteiger partial charge in [-0.2, -0.15) is 0 Å². The van der Waals surface area contributed by atoms with Crippen LogP contribution < -0.4 is 8.92 Å². The van der Waals surface area contributed by atoms with Gasteiger partial charge in [0.05, 0.1) is 0 Å². The Morgan fingerprint density at radius 3 is 1.05 bits per heavy atom. The Morgan fingerprint density at radius 2 is 0.810 bits per heavy atom. The van der Waals surface area contributed by atoms with E-state index in [1.807, 2.05) is 65.8 Å². The Labute approximate surface area is 128 Å². The molecule has 2 rings (SSSR count). The summed E-state index contributed by atoms with van der Waals surface area (Å²) in [7, 11) is 0. The second-order valence-corrected chi connectivity index (χ2v) is 9.78. The molecule has 0 spiro atoms. The molecule has 0 fully saturated rings. The molecule has 0 heterocycles. The molecule has 0 unspecified atom stereocenters. The van der Waals surface area contributed by atoms with Crippen LogP contribution in [-0.2, 0) is 7.67 Å². The molecule has 2 aromatic carbocycles. The van der Waals surface area contributed by atoms with Crippen LogP contribution in [0.3, 0.4) is 0 Å². The van der Waals surface area contributed by atoms with Crippen LogP contribution in [0.5, 0.6) is 0 Å². The van der Waals surface area contributed by atoms with E-state index in [0.717, 1.165) is 33.4 Å². The van der Waals surface area contributed by atoms with E-state index < -0.39 is 12.7 Å². The van der Waals surface area contributed by atoms with Gasteiger partial charge in [0.2, 0.25) is 0 Å². The van der Waals surface area contributed by atoms with Crippen LogP contribution in [0.15, 0.2) is 24.3 Å². The summed E-state index contributed by atoms with van der Waals surface area (Å²) in [4.78, 5) is 0. The van der Waals surface area contributed by atoms with Crippen molar-refractivity contribution in [2.75, 3.05) is 0 Å². The van der Waals surface area contributed by atoms with Gasteiger partial charge >= 0.3 is 128 Å². The molecule has 0 aliphatic carbocycles. The van der Waals surface area contributed by atoms with Crippen LogP contribution in [0.25, 0.3) is 0 Å². The maximum atomic E-state index is 13.2. The summed E-state index contributed by atoms with van der Waals surface area (Å²) in [5.41, 5.74) is 5.57. The first-order chi connectivity index (χ1) is 9.64.